The Hall–Kier alpha value is -0.860. The molecule has 4 rings (SSSR count). The summed E-state index contributed by atoms with van der Waals surface area (Å²) >= 11 is 0. The van der Waals surface area contributed by atoms with Gasteiger partial charge in [-0.05, 0) is 69.1 Å². The number of amides is 1. The minimum atomic E-state index is 0.101. The topological polar surface area (TPSA) is 41.5 Å². The summed E-state index contributed by atoms with van der Waals surface area (Å²) in [5.74, 6) is 2.90. The molecule has 0 aromatic heterocycles. The van der Waals surface area contributed by atoms with Crippen LogP contribution in [0.4, 0.5) is 0 Å². The minimum Gasteiger partial charge on any atom is -0.273 e. The van der Waals surface area contributed by atoms with Crippen molar-refractivity contribution in [3.05, 3.63) is 0 Å². The first kappa shape index (κ1) is 16.0. The van der Waals surface area contributed by atoms with E-state index in [1.807, 2.05) is 0 Å². The summed E-state index contributed by atoms with van der Waals surface area (Å²) < 4.78 is 0. The first-order valence-electron chi connectivity index (χ1n) is 9.51. The van der Waals surface area contributed by atoms with E-state index >= 15 is 0 Å². The Morgan fingerprint density at radius 2 is 1.64 bits per heavy atom. The predicted octanol–water partition coefficient (Wildman–Crippen LogP) is 4.67. The Bertz CT molecular complexity index is 405. The quantitative estimate of drug-likeness (QED) is 0.414. The Balaban J connectivity index is 1.63. The van der Waals surface area contributed by atoms with Gasteiger partial charge in [-0.1, -0.05) is 26.7 Å². The molecular formula is C19H32N2O. The van der Waals surface area contributed by atoms with Gasteiger partial charge >= 0.3 is 0 Å². The van der Waals surface area contributed by atoms with E-state index in [1.54, 1.807) is 0 Å². The standard InChI is InChI=1S/C19H32N2O/c1-3-5-6-7-18(22)21-20-17(4-2)19-11-14-8-15(12-19)10-16(9-14)13-19/h14-16H,3-13H2,1-2H3,(H,21,22)/b20-17-. The third-order valence-corrected chi connectivity index (χ3v) is 6.31. The van der Waals surface area contributed by atoms with E-state index in [0.29, 0.717) is 11.8 Å². The molecule has 1 N–H and O–H groups in total. The fourth-order valence-electron chi connectivity index (χ4n) is 5.76. The van der Waals surface area contributed by atoms with E-state index in [2.05, 4.69) is 24.4 Å². The van der Waals surface area contributed by atoms with Crippen molar-refractivity contribution in [3.63, 3.8) is 0 Å². The van der Waals surface area contributed by atoms with E-state index in [-0.39, 0.29) is 5.91 Å². The summed E-state index contributed by atoms with van der Waals surface area (Å²) in [6.07, 6.45) is 13.2. The molecule has 4 aliphatic rings. The average Bonchev–Trinajstić information content (AvgIpc) is 2.46. The van der Waals surface area contributed by atoms with Gasteiger partial charge in [-0.15, -0.1) is 0 Å². The summed E-state index contributed by atoms with van der Waals surface area (Å²) in [5.41, 5.74) is 4.49. The van der Waals surface area contributed by atoms with Crippen LogP contribution in [0.5, 0.6) is 0 Å². The van der Waals surface area contributed by atoms with Gasteiger partial charge < -0.3 is 0 Å². The third-order valence-electron chi connectivity index (χ3n) is 6.31. The smallest absolute Gasteiger partial charge is 0.240 e. The molecule has 0 aromatic rings. The van der Waals surface area contributed by atoms with Crippen LogP contribution >= 0.6 is 0 Å². The van der Waals surface area contributed by atoms with Crippen LogP contribution in [-0.4, -0.2) is 11.6 Å². The monoisotopic (exact) mass is 304 g/mol. The van der Waals surface area contributed by atoms with Gasteiger partial charge in [0, 0.05) is 17.5 Å². The Labute approximate surface area is 135 Å². The highest BCUT2D eigenvalue weighted by Gasteiger charge is 2.52. The van der Waals surface area contributed by atoms with Crippen molar-refractivity contribution in [1.82, 2.24) is 5.43 Å². The molecule has 0 unspecified atom stereocenters. The summed E-state index contributed by atoms with van der Waals surface area (Å²) in [7, 11) is 0. The molecule has 124 valence electrons. The molecule has 4 fully saturated rings. The highest BCUT2D eigenvalue weighted by molar-refractivity contribution is 5.91. The second kappa shape index (κ2) is 6.72. The van der Waals surface area contributed by atoms with Crippen LogP contribution < -0.4 is 5.43 Å². The van der Waals surface area contributed by atoms with Crippen molar-refractivity contribution in [2.45, 2.75) is 84.5 Å². The molecule has 0 radical (unpaired) electrons. The second-order valence-corrected chi connectivity index (χ2v) is 8.10. The average molecular weight is 304 g/mol. The fraction of sp³-hybridized carbons (Fsp3) is 0.895. The molecule has 0 heterocycles. The molecule has 3 heteroatoms. The Morgan fingerprint density at radius 1 is 1.05 bits per heavy atom. The predicted molar refractivity (Wildman–Crippen MR) is 90.6 cm³/mol. The maximum absolute atomic E-state index is 11.9. The van der Waals surface area contributed by atoms with Gasteiger partial charge in [-0.3, -0.25) is 4.79 Å². The zero-order chi connectivity index (χ0) is 15.6. The number of nitrogens with zero attached hydrogens (tertiary/aromatic N) is 1. The number of carbonyl (C=O) groups is 1. The highest BCUT2D eigenvalue weighted by atomic mass is 16.2. The van der Waals surface area contributed by atoms with Gasteiger partial charge in [0.15, 0.2) is 0 Å². The number of hydrazone groups is 1. The Kier molecular flexibility index (Phi) is 4.89. The van der Waals surface area contributed by atoms with Crippen molar-refractivity contribution >= 4 is 11.6 Å². The van der Waals surface area contributed by atoms with E-state index in [1.165, 1.54) is 44.2 Å². The van der Waals surface area contributed by atoms with Crippen LogP contribution in [0.2, 0.25) is 0 Å². The molecule has 4 aliphatic carbocycles. The van der Waals surface area contributed by atoms with Crippen molar-refractivity contribution in [1.29, 1.82) is 0 Å². The van der Waals surface area contributed by atoms with Crippen molar-refractivity contribution in [2.24, 2.45) is 28.3 Å². The normalized spacial score (nSPS) is 36.6. The number of hydrogen-bond donors (Lipinski definition) is 1. The summed E-state index contributed by atoms with van der Waals surface area (Å²) in [6.45, 7) is 4.37. The lowest BCUT2D eigenvalue weighted by Gasteiger charge is -2.57. The van der Waals surface area contributed by atoms with Crippen molar-refractivity contribution in [2.75, 3.05) is 0 Å². The summed E-state index contributed by atoms with van der Waals surface area (Å²) in [4.78, 5) is 11.9. The van der Waals surface area contributed by atoms with Crippen LogP contribution in [0.1, 0.15) is 84.5 Å². The zero-order valence-electron chi connectivity index (χ0n) is 14.4. The summed E-state index contributed by atoms with van der Waals surface area (Å²) in [5, 5.41) is 4.63. The van der Waals surface area contributed by atoms with Crippen molar-refractivity contribution < 1.29 is 4.79 Å². The fourth-order valence-corrected chi connectivity index (χ4v) is 5.76. The molecule has 0 spiro atoms. The molecule has 0 saturated heterocycles. The third kappa shape index (κ3) is 3.23. The molecule has 22 heavy (non-hydrogen) atoms. The number of carbonyl (C=O) groups excluding carboxylic acids is 1. The van der Waals surface area contributed by atoms with E-state index in [9.17, 15) is 4.79 Å². The molecular weight excluding hydrogens is 272 g/mol. The molecule has 0 atom stereocenters. The lowest BCUT2D eigenvalue weighted by Crippen LogP contribution is -2.50. The minimum absolute atomic E-state index is 0.101. The zero-order valence-corrected chi connectivity index (χ0v) is 14.4. The first-order valence-corrected chi connectivity index (χ1v) is 9.51. The summed E-state index contributed by atoms with van der Waals surface area (Å²) in [6, 6.07) is 0. The Morgan fingerprint density at radius 3 is 2.14 bits per heavy atom. The number of hydrogen-bond acceptors (Lipinski definition) is 2. The maximum Gasteiger partial charge on any atom is 0.240 e. The van der Waals surface area contributed by atoms with Gasteiger partial charge in [0.1, 0.15) is 0 Å². The van der Waals surface area contributed by atoms with Gasteiger partial charge in [-0.2, -0.15) is 5.10 Å². The lowest BCUT2D eigenvalue weighted by atomic mass is 9.48. The molecule has 0 aliphatic heterocycles. The van der Waals surface area contributed by atoms with Gasteiger partial charge in [0.05, 0.1) is 0 Å². The molecule has 4 saturated carbocycles. The van der Waals surface area contributed by atoms with Crippen LogP contribution in [0.25, 0.3) is 0 Å². The van der Waals surface area contributed by atoms with Crippen LogP contribution in [0.3, 0.4) is 0 Å². The van der Waals surface area contributed by atoms with Gasteiger partial charge in [0.25, 0.3) is 0 Å². The van der Waals surface area contributed by atoms with E-state index in [0.717, 1.165) is 43.4 Å². The lowest BCUT2D eigenvalue weighted by molar-refractivity contribution is -0.121. The second-order valence-electron chi connectivity index (χ2n) is 8.10. The number of unbranched alkanes of at least 4 members (excludes halogenated alkanes) is 2. The van der Waals surface area contributed by atoms with Gasteiger partial charge in [0.2, 0.25) is 5.91 Å². The van der Waals surface area contributed by atoms with Crippen LogP contribution in [0, 0.1) is 23.2 Å². The highest BCUT2D eigenvalue weighted by Crippen LogP contribution is 2.60. The van der Waals surface area contributed by atoms with Crippen LogP contribution in [-0.2, 0) is 4.79 Å². The largest absolute Gasteiger partial charge is 0.273 e. The van der Waals surface area contributed by atoms with Crippen molar-refractivity contribution in [3.8, 4) is 0 Å². The molecule has 4 bridgehead atoms. The van der Waals surface area contributed by atoms with E-state index < -0.39 is 0 Å². The number of nitrogens with one attached hydrogen (secondary N) is 1. The van der Waals surface area contributed by atoms with Gasteiger partial charge in [-0.25, -0.2) is 5.43 Å². The molecule has 1 amide bonds. The maximum atomic E-state index is 11.9. The molecule has 0 aromatic carbocycles. The SMILES string of the molecule is CCCCCC(=O)N/N=C(/CC)C12CC3CC(CC(C3)C1)C2. The number of rotatable bonds is 7. The molecule has 3 nitrogen and oxygen atoms in total. The van der Waals surface area contributed by atoms with E-state index in [4.69, 9.17) is 0 Å². The first-order chi connectivity index (χ1) is 10.6. The van der Waals surface area contributed by atoms with Crippen LogP contribution in [0.15, 0.2) is 5.10 Å².